The first-order valence-electron chi connectivity index (χ1n) is 10.6. The fourth-order valence-electron chi connectivity index (χ4n) is 3.37. The number of pyridine rings is 1. The molecule has 2 aromatic heterocycles. The van der Waals surface area contributed by atoms with Crippen molar-refractivity contribution in [1.29, 1.82) is 0 Å². The summed E-state index contributed by atoms with van der Waals surface area (Å²) in [5.74, 6) is -1.01. The number of aromatic nitrogens is 3. The summed E-state index contributed by atoms with van der Waals surface area (Å²) in [7, 11) is -2.71. The number of amides is 1. The van der Waals surface area contributed by atoms with Gasteiger partial charge in [-0.15, -0.1) is 0 Å². The van der Waals surface area contributed by atoms with Gasteiger partial charge in [0, 0.05) is 44.4 Å². The maximum absolute atomic E-state index is 12.9. The highest BCUT2D eigenvalue weighted by atomic mass is 32.2. The van der Waals surface area contributed by atoms with Crippen LogP contribution in [0.1, 0.15) is 30.2 Å². The predicted molar refractivity (Wildman–Crippen MR) is 123 cm³/mol. The Morgan fingerprint density at radius 1 is 1.29 bits per heavy atom. The molecule has 35 heavy (non-hydrogen) atoms. The molecule has 0 N–H and O–H groups in total. The lowest BCUT2D eigenvalue weighted by Gasteiger charge is -2.22. The predicted octanol–water partition coefficient (Wildman–Crippen LogP) is 3.40. The Labute approximate surface area is 202 Å². The second-order valence-corrected chi connectivity index (χ2v) is 9.83. The Morgan fingerprint density at radius 2 is 2.03 bits per heavy atom. The van der Waals surface area contributed by atoms with Crippen molar-refractivity contribution in [3.05, 3.63) is 71.8 Å². The van der Waals surface area contributed by atoms with Gasteiger partial charge in [-0.2, -0.15) is 18.3 Å². The van der Waals surface area contributed by atoms with Crippen LogP contribution < -0.4 is 4.90 Å². The van der Waals surface area contributed by atoms with Crippen molar-refractivity contribution in [1.82, 2.24) is 19.1 Å². The molecule has 0 unspecified atom stereocenters. The SMILES string of the molecule is CCN(C(=O)CCN(C)S(=O)(=O)Cc1c#ccc(C(F)(F)F)c1)c1cn(-c2cccnc2)nc1C. The minimum Gasteiger partial charge on any atom is -0.310 e. The van der Waals surface area contributed by atoms with Crippen LogP contribution in [0.4, 0.5) is 18.9 Å². The van der Waals surface area contributed by atoms with Crippen LogP contribution >= 0.6 is 0 Å². The molecule has 0 saturated heterocycles. The van der Waals surface area contributed by atoms with Gasteiger partial charge >= 0.3 is 6.18 Å². The quantitative estimate of drug-likeness (QED) is 0.443. The van der Waals surface area contributed by atoms with Crippen LogP contribution in [-0.4, -0.2) is 53.5 Å². The molecule has 1 aromatic carbocycles. The van der Waals surface area contributed by atoms with E-state index in [2.05, 4.69) is 22.2 Å². The summed E-state index contributed by atoms with van der Waals surface area (Å²) < 4.78 is 66.6. The van der Waals surface area contributed by atoms with Crippen LogP contribution in [0.3, 0.4) is 0 Å². The van der Waals surface area contributed by atoms with Crippen molar-refractivity contribution in [2.45, 2.75) is 32.2 Å². The third kappa shape index (κ3) is 6.37. The van der Waals surface area contributed by atoms with Crippen LogP contribution in [0.5, 0.6) is 0 Å². The van der Waals surface area contributed by atoms with E-state index in [0.29, 0.717) is 24.0 Å². The molecule has 0 aliphatic rings. The molecule has 0 atom stereocenters. The number of rotatable bonds is 9. The van der Waals surface area contributed by atoms with Crippen molar-refractivity contribution in [3.63, 3.8) is 0 Å². The molecule has 0 bridgehead atoms. The number of hydrogen-bond donors (Lipinski definition) is 0. The average Bonchev–Trinajstić information content (AvgIpc) is 3.19. The molecule has 12 heteroatoms. The van der Waals surface area contributed by atoms with Gasteiger partial charge < -0.3 is 4.90 Å². The molecule has 0 fully saturated rings. The summed E-state index contributed by atoms with van der Waals surface area (Å²) in [6, 6.07) is 9.63. The number of alkyl halides is 3. The number of carbonyl (C=O) groups excluding carboxylic acids is 1. The van der Waals surface area contributed by atoms with E-state index in [-0.39, 0.29) is 24.4 Å². The monoisotopic (exact) mass is 507 g/mol. The lowest BCUT2D eigenvalue weighted by Crippen LogP contribution is -2.36. The van der Waals surface area contributed by atoms with E-state index < -0.39 is 27.5 Å². The smallest absolute Gasteiger partial charge is 0.310 e. The van der Waals surface area contributed by atoms with Gasteiger partial charge in [-0.1, -0.05) is 12.1 Å². The molecule has 0 radical (unpaired) electrons. The molecule has 2 heterocycles. The number of nitrogens with zero attached hydrogens (tertiary/aromatic N) is 5. The van der Waals surface area contributed by atoms with E-state index in [1.165, 1.54) is 11.9 Å². The van der Waals surface area contributed by atoms with E-state index in [4.69, 9.17) is 0 Å². The molecule has 3 aromatic rings. The van der Waals surface area contributed by atoms with Crippen molar-refractivity contribution >= 4 is 21.6 Å². The summed E-state index contributed by atoms with van der Waals surface area (Å²) in [5.41, 5.74) is 0.758. The Bertz CT molecular complexity index is 1280. The molecule has 0 saturated carbocycles. The van der Waals surface area contributed by atoms with E-state index in [0.717, 1.165) is 16.1 Å². The Kier molecular flexibility index (Phi) is 7.82. The van der Waals surface area contributed by atoms with Gasteiger partial charge in [0.05, 0.1) is 40.8 Å². The fraction of sp³-hybridized carbons (Fsp3) is 0.348. The maximum atomic E-state index is 12.9. The first-order chi connectivity index (χ1) is 16.4. The van der Waals surface area contributed by atoms with Gasteiger partial charge in [0.25, 0.3) is 0 Å². The minimum absolute atomic E-state index is 0.125. The first-order valence-corrected chi connectivity index (χ1v) is 12.2. The van der Waals surface area contributed by atoms with Gasteiger partial charge in [0.15, 0.2) is 0 Å². The van der Waals surface area contributed by atoms with Crippen LogP contribution in [-0.2, 0) is 26.7 Å². The summed E-state index contributed by atoms with van der Waals surface area (Å²) in [4.78, 5) is 18.5. The number of sulfonamides is 1. The van der Waals surface area contributed by atoms with Crippen molar-refractivity contribution in [2.75, 3.05) is 25.0 Å². The lowest BCUT2D eigenvalue weighted by molar-refractivity contribution is -0.137. The molecule has 0 spiro atoms. The van der Waals surface area contributed by atoms with Gasteiger partial charge in [0.1, 0.15) is 0 Å². The maximum Gasteiger partial charge on any atom is 0.417 e. The van der Waals surface area contributed by atoms with Crippen LogP contribution in [0.25, 0.3) is 5.69 Å². The zero-order chi connectivity index (χ0) is 25.8. The summed E-state index contributed by atoms with van der Waals surface area (Å²) in [6.07, 6.45) is 0.229. The average molecular weight is 508 g/mol. The molecule has 1 amide bonds. The van der Waals surface area contributed by atoms with E-state index >= 15 is 0 Å². The Hall–Kier alpha value is -3.43. The minimum atomic E-state index is -4.62. The zero-order valence-electron chi connectivity index (χ0n) is 19.4. The van der Waals surface area contributed by atoms with Gasteiger partial charge in [-0.05, 0) is 32.0 Å². The highest BCUT2D eigenvalue weighted by Gasteiger charge is 2.31. The van der Waals surface area contributed by atoms with Gasteiger partial charge in [-0.3, -0.25) is 9.78 Å². The summed E-state index contributed by atoms with van der Waals surface area (Å²) in [5, 5.41) is 4.43. The van der Waals surface area contributed by atoms with Crippen LogP contribution in [0.15, 0.2) is 42.9 Å². The largest absolute Gasteiger partial charge is 0.417 e. The van der Waals surface area contributed by atoms with E-state index in [9.17, 15) is 26.4 Å². The first kappa shape index (κ1) is 26.2. The number of anilines is 1. The van der Waals surface area contributed by atoms with Crippen molar-refractivity contribution in [2.24, 2.45) is 0 Å². The van der Waals surface area contributed by atoms with Gasteiger partial charge in [-0.25, -0.2) is 17.4 Å². The Morgan fingerprint density at radius 3 is 2.66 bits per heavy atom. The number of hydrogen-bond acceptors (Lipinski definition) is 5. The lowest BCUT2D eigenvalue weighted by atomic mass is 10.2. The van der Waals surface area contributed by atoms with E-state index in [1.54, 1.807) is 43.2 Å². The molecule has 8 nitrogen and oxygen atoms in total. The molecular weight excluding hydrogens is 483 g/mol. The Balaban J connectivity index is 1.67. The zero-order valence-corrected chi connectivity index (χ0v) is 20.2. The summed E-state index contributed by atoms with van der Waals surface area (Å²) >= 11 is 0. The number of halogens is 3. The molecule has 0 aliphatic carbocycles. The molecular formula is C23H24F3N5O3S. The summed E-state index contributed by atoms with van der Waals surface area (Å²) in [6.45, 7) is 3.75. The van der Waals surface area contributed by atoms with Crippen molar-refractivity contribution < 1.29 is 26.4 Å². The second kappa shape index (κ2) is 10.5. The fourth-order valence-corrected chi connectivity index (χ4v) is 4.50. The second-order valence-electron chi connectivity index (χ2n) is 7.76. The standard InChI is InChI=1S/C23H24F3N5O3S/c1-4-30(21-15-31(28-17(21)2)20-9-6-11-27-14-20)22(32)10-12-29(3)35(33,34)16-18-7-5-8-19(13-18)23(24,25)26/h6,8-9,11,13-15H,4,10,12,16H2,1-3H3. The topological polar surface area (TPSA) is 88.4 Å². The number of carbonyl (C=O) groups is 1. The third-order valence-electron chi connectivity index (χ3n) is 5.26. The molecule has 0 aliphatic heterocycles. The van der Waals surface area contributed by atoms with Crippen molar-refractivity contribution in [3.8, 4) is 5.69 Å². The molecule has 186 valence electrons. The van der Waals surface area contributed by atoms with Gasteiger partial charge in [0.2, 0.25) is 15.9 Å². The van der Waals surface area contributed by atoms with Crippen LogP contribution in [0, 0.1) is 19.1 Å². The highest BCUT2D eigenvalue weighted by Crippen LogP contribution is 2.29. The third-order valence-corrected chi connectivity index (χ3v) is 7.07. The molecule has 3 rings (SSSR count). The normalized spacial score (nSPS) is 12.0. The number of aryl methyl sites for hydroxylation is 1. The van der Waals surface area contributed by atoms with Crippen LogP contribution in [0.2, 0.25) is 0 Å². The highest BCUT2D eigenvalue weighted by molar-refractivity contribution is 7.88. The van der Waals surface area contributed by atoms with E-state index in [1.807, 2.05) is 6.07 Å².